The summed E-state index contributed by atoms with van der Waals surface area (Å²) in [6.07, 6.45) is -1.36. The number of ether oxygens (including phenoxy) is 1. The van der Waals surface area contributed by atoms with Crippen LogP contribution in [-0.4, -0.2) is 46.7 Å². The summed E-state index contributed by atoms with van der Waals surface area (Å²) in [6.45, 7) is -0.568. The van der Waals surface area contributed by atoms with Crippen molar-refractivity contribution in [1.29, 1.82) is 0 Å². The molecule has 1 aromatic rings. The minimum absolute atomic E-state index is 0.0158. The molecule has 1 atom stereocenters. The lowest BCUT2D eigenvalue weighted by Crippen LogP contribution is -2.42. The van der Waals surface area contributed by atoms with Crippen molar-refractivity contribution in [2.24, 2.45) is 0 Å². The number of benzene rings is 1. The fraction of sp³-hybridized carbons (Fsp3) is 0.333. The Balaban J connectivity index is 2.39. The lowest BCUT2D eigenvalue weighted by atomic mass is 10.1. The van der Waals surface area contributed by atoms with Gasteiger partial charge in [-0.15, -0.1) is 0 Å². The summed E-state index contributed by atoms with van der Waals surface area (Å²) < 4.78 is 4.90. The lowest BCUT2D eigenvalue weighted by molar-refractivity contribution is -0.140. The van der Waals surface area contributed by atoms with Gasteiger partial charge in [-0.1, -0.05) is 30.3 Å². The summed E-state index contributed by atoms with van der Waals surface area (Å²) in [4.78, 5) is 44.4. The van der Waals surface area contributed by atoms with Crippen LogP contribution in [0.5, 0.6) is 0 Å². The van der Waals surface area contributed by atoms with Gasteiger partial charge in [0.05, 0.1) is 0 Å². The molecule has 130 valence electrons. The van der Waals surface area contributed by atoms with Crippen LogP contribution < -0.4 is 10.6 Å². The first-order chi connectivity index (χ1) is 11.4. The van der Waals surface area contributed by atoms with Crippen molar-refractivity contribution in [3.05, 3.63) is 35.9 Å². The molecule has 9 heteroatoms. The zero-order valence-corrected chi connectivity index (χ0v) is 12.7. The molecule has 0 saturated heterocycles. The number of rotatable bonds is 9. The lowest BCUT2D eigenvalue weighted by Gasteiger charge is -2.14. The van der Waals surface area contributed by atoms with E-state index in [1.807, 2.05) is 0 Å². The Labute approximate surface area is 137 Å². The minimum atomic E-state index is -1.32. The quantitative estimate of drug-likeness (QED) is 0.509. The summed E-state index contributed by atoms with van der Waals surface area (Å²) in [5, 5.41) is 21.7. The molecule has 0 aliphatic carbocycles. The van der Waals surface area contributed by atoms with E-state index in [1.54, 1.807) is 30.3 Å². The normalized spacial score (nSPS) is 11.2. The van der Waals surface area contributed by atoms with Gasteiger partial charge in [-0.3, -0.25) is 9.59 Å². The molecular formula is C15H18N2O7. The second-order valence-corrected chi connectivity index (χ2v) is 4.81. The number of hydrogen-bond acceptors (Lipinski definition) is 5. The number of nitrogens with one attached hydrogen (secondary N) is 2. The summed E-state index contributed by atoms with van der Waals surface area (Å²) in [5.41, 5.74) is 0.743. The number of alkyl carbamates (subject to hydrolysis) is 1. The van der Waals surface area contributed by atoms with Gasteiger partial charge in [0.15, 0.2) is 0 Å². The first-order valence-electron chi connectivity index (χ1n) is 7.07. The van der Waals surface area contributed by atoms with Gasteiger partial charge < -0.3 is 25.6 Å². The topological polar surface area (TPSA) is 142 Å². The van der Waals surface area contributed by atoms with E-state index in [9.17, 15) is 19.2 Å². The fourth-order valence-electron chi connectivity index (χ4n) is 1.70. The summed E-state index contributed by atoms with van der Waals surface area (Å²) >= 11 is 0. The molecule has 0 aromatic heterocycles. The number of carboxylic acids is 2. The van der Waals surface area contributed by atoms with Crippen LogP contribution in [0.4, 0.5) is 4.79 Å². The number of amides is 2. The molecule has 24 heavy (non-hydrogen) atoms. The van der Waals surface area contributed by atoms with E-state index in [2.05, 4.69) is 10.6 Å². The first kappa shape index (κ1) is 18.9. The molecule has 0 aliphatic heterocycles. The van der Waals surface area contributed by atoms with E-state index in [4.69, 9.17) is 14.9 Å². The van der Waals surface area contributed by atoms with E-state index in [0.717, 1.165) is 5.56 Å². The molecule has 0 bridgehead atoms. The Morgan fingerprint density at radius 1 is 1.08 bits per heavy atom. The van der Waals surface area contributed by atoms with Gasteiger partial charge in [0.25, 0.3) is 0 Å². The van der Waals surface area contributed by atoms with Crippen molar-refractivity contribution < 1.29 is 34.1 Å². The molecule has 0 heterocycles. The maximum atomic E-state index is 11.6. The largest absolute Gasteiger partial charge is 0.480 e. The van der Waals surface area contributed by atoms with Crippen LogP contribution in [0.3, 0.4) is 0 Å². The molecule has 2 amide bonds. The molecule has 0 aliphatic rings. The van der Waals surface area contributed by atoms with E-state index in [0.29, 0.717) is 0 Å². The smallest absolute Gasteiger partial charge is 0.408 e. The van der Waals surface area contributed by atoms with Gasteiger partial charge in [-0.2, -0.15) is 0 Å². The van der Waals surface area contributed by atoms with Crippen LogP contribution >= 0.6 is 0 Å². The van der Waals surface area contributed by atoms with E-state index >= 15 is 0 Å². The van der Waals surface area contributed by atoms with Gasteiger partial charge in [0.2, 0.25) is 5.91 Å². The fourth-order valence-corrected chi connectivity index (χ4v) is 1.70. The second kappa shape index (κ2) is 9.82. The van der Waals surface area contributed by atoms with Crippen molar-refractivity contribution in [2.75, 3.05) is 6.54 Å². The minimum Gasteiger partial charge on any atom is -0.480 e. The first-order valence-corrected chi connectivity index (χ1v) is 7.07. The number of aliphatic carboxylic acids is 2. The highest BCUT2D eigenvalue weighted by Gasteiger charge is 2.21. The highest BCUT2D eigenvalue weighted by molar-refractivity contribution is 5.83. The zero-order valence-electron chi connectivity index (χ0n) is 12.7. The van der Waals surface area contributed by atoms with E-state index < -0.39 is 36.5 Å². The van der Waals surface area contributed by atoms with Gasteiger partial charge >= 0.3 is 18.0 Å². The molecule has 9 nitrogen and oxygen atoms in total. The molecule has 0 unspecified atom stereocenters. The Morgan fingerprint density at radius 3 is 2.33 bits per heavy atom. The van der Waals surface area contributed by atoms with E-state index in [1.165, 1.54) is 0 Å². The van der Waals surface area contributed by atoms with Gasteiger partial charge in [-0.05, 0) is 12.0 Å². The van der Waals surface area contributed by atoms with Crippen LogP contribution in [-0.2, 0) is 25.7 Å². The predicted octanol–water partition coefficient (Wildman–Crippen LogP) is 0.347. The van der Waals surface area contributed by atoms with Crippen LogP contribution in [0.15, 0.2) is 30.3 Å². The highest BCUT2D eigenvalue weighted by Crippen LogP contribution is 2.02. The Bertz CT molecular complexity index is 589. The number of carboxylic acid groups (broad SMARTS) is 2. The molecule has 0 saturated carbocycles. The van der Waals surface area contributed by atoms with Gasteiger partial charge in [0.1, 0.15) is 19.2 Å². The van der Waals surface area contributed by atoms with Crippen molar-refractivity contribution in [3.63, 3.8) is 0 Å². The van der Waals surface area contributed by atoms with Crippen molar-refractivity contribution in [3.8, 4) is 0 Å². The van der Waals surface area contributed by atoms with Crippen LogP contribution in [0.2, 0.25) is 0 Å². The SMILES string of the molecule is O=C(O)CNC(=O)CC[C@H](NC(=O)OCc1ccccc1)C(=O)O. The third-order valence-corrected chi connectivity index (χ3v) is 2.90. The summed E-state index contributed by atoms with van der Waals surface area (Å²) in [5.74, 6) is -3.15. The van der Waals surface area contributed by atoms with Gasteiger partial charge in [0, 0.05) is 6.42 Å². The van der Waals surface area contributed by atoms with Crippen LogP contribution in [0.1, 0.15) is 18.4 Å². The van der Waals surface area contributed by atoms with Crippen LogP contribution in [0, 0.1) is 0 Å². The van der Waals surface area contributed by atoms with Crippen molar-refractivity contribution in [2.45, 2.75) is 25.5 Å². The maximum absolute atomic E-state index is 11.6. The molecule has 4 N–H and O–H groups in total. The predicted molar refractivity (Wildman–Crippen MR) is 81.1 cm³/mol. The molecule has 0 radical (unpaired) electrons. The van der Waals surface area contributed by atoms with Crippen molar-refractivity contribution in [1.82, 2.24) is 10.6 Å². The average molecular weight is 338 g/mol. The highest BCUT2D eigenvalue weighted by atomic mass is 16.5. The Kier molecular flexibility index (Phi) is 7.76. The number of carbonyl (C=O) groups is 4. The number of hydrogen-bond donors (Lipinski definition) is 4. The summed E-state index contributed by atoms with van der Waals surface area (Å²) in [7, 11) is 0. The molecule has 0 fully saturated rings. The second-order valence-electron chi connectivity index (χ2n) is 4.81. The van der Waals surface area contributed by atoms with Gasteiger partial charge in [-0.25, -0.2) is 9.59 Å². The molecule has 1 rings (SSSR count). The third-order valence-electron chi connectivity index (χ3n) is 2.90. The Hall–Kier alpha value is -3.10. The number of carbonyl (C=O) groups excluding carboxylic acids is 2. The Morgan fingerprint density at radius 2 is 1.75 bits per heavy atom. The van der Waals surface area contributed by atoms with Crippen LogP contribution in [0.25, 0.3) is 0 Å². The molecular weight excluding hydrogens is 320 g/mol. The average Bonchev–Trinajstić information content (AvgIpc) is 2.55. The molecule has 1 aromatic carbocycles. The summed E-state index contributed by atoms with van der Waals surface area (Å²) in [6, 6.07) is 7.52. The van der Waals surface area contributed by atoms with E-state index in [-0.39, 0.29) is 19.4 Å². The molecule has 0 spiro atoms. The standard InChI is InChI=1S/C15H18N2O7/c18-12(16-8-13(19)20)7-6-11(14(21)22)17-15(23)24-9-10-4-2-1-3-5-10/h1-5,11H,6-9H2,(H,16,18)(H,17,23)(H,19,20)(H,21,22)/t11-/m0/s1. The van der Waals surface area contributed by atoms with Crippen molar-refractivity contribution >= 4 is 23.9 Å². The third kappa shape index (κ3) is 7.78. The maximum Gasteiger partial charge on any atom is 0.408 e. The zero-order chi connectivity index (χ0) is 17.9. The monoisotopic (exact) mass is 338 g/mol.